The van der Waals surface area contributed by atoms with Crippen molar-refractivity contribution < 1.29 is 9.59 Å². The van der Waals surface area contributed by atoms with E-state index in [1.54, 1.807) is 12.1 Å². The van der Waals surface area contributed by atoms with Gasteiger partial charge < -0.3 is 5.73 Å². The summed E-state index contributed by atoms with van der Waals surface area (Å²) in [6.07, 6.45) is 2.79. The molecular formula is C15H18N2O2. The molecule has 1 saturated carbocycles. The SMILES string of the molecule is CN1C2CCC(C(=O)C2)C1c1ccc(C(N)=O)cc1. The topological polar surface area (TPSA) is 63.4 Å². The number of nitrogens with zero attached hydrogens (tertiary/aromatic N) is 1. The van der Waals surface area contributed by atoms with E-state index in [-0.39, 0.29) is 12.0 Å². The smallest absolute Gasteiger partial charge is 0.248 e. The minimum absolute atomic E-state index is 0.106. The highest BCUT2D eigenvalue weighted by atomic mass is 16.1. The van der Waals surface area contributed by atoms with E-state index in [0.29, 0.717) is 23.8 Å². The minimum Gasteiger partial charge on any atom is -0.366 e. The number of fused-ring (bicyclic) bond motifs is 3. The lowest BCUT2D eigenvalue weighted by atomic mass is 9.72. The van der Waals surface area contributed by atoms with Crippen LogP contribution in [0, 0.1) is 5.92 Å². The average Bonchev–Trinajstić information content (AvgIpc) is 2.40. The fraction of sp³-hybridized carbons (Fsp3) is 0.467. The molecule has 4 nitrogen and oxygen atoms in total. The summed E-state index contributed by atoms with van der Waals surface area (Å²) >= 11 is 0. The van der Waals surface area contributed by atoms with Gasteiger partial charge in [-0.2, -0.15) is 0 Å². The van der Waals surface area contributed by atoms with E-state index >= 15 is 0 Å². The lowest BCUT2D eigenvalue weighted by molar-refractivity contribution is -0.136. The van der Waals surface area contributed by atoms with Crippen LogP contribution in [-0.4, -0.2) is 29.7 Å². The summed E-state index contributed by atoms with van der Waals surface area (Å²) in [5.74, 6) is 0.0777. The molecule has 1 amide bonds. The van der Waals surface area contributed by atoms with Crippen molar-refractivity contribution in [2.45, 2.75) is 31.3 Å². The molecule has 100 valence electrons. The molecule has 2 N–H and O–H groups in total. The van der Waals surface area contributed by atoms with Gasteiger partial charge in [-0.25, -0.2) is 0 Å². The monoisotopic (exact) mass is 258 g/mol. The number of ketones is 1. The number of piperidine rings is 2. The molecule has 0 aromatic heterocycles. The second-order valence-corrected chi connectivity index (χ2v) is 5.60. The van der Waals surface area contributed by atoms with Crippen LogP contribution in [0.2, 0.25) is 0 Å². The van der Waals surface area contributed by atoms with E-state index < -0.39 is 5.91 Å². The van der Waals surface area contributed by atoms with Gasteiger partial charge in [-0.1, -0.05) is 12.1 Å². The highest BCUT2D eigenvalue weighted by molar-refractivity contribution is 5.92. The molecule has 2 heterocycles. The molecule has 4 rings (SSSR count). The van der Waals surface area contributed by atoms with Crippen molar-refractivity contribution in [2.75, 3.05) is 7.05 Å². The van der Waals surface area contributed by atoms with Crippen molar-refractivity contribution in [2.24, 2.45) is 11.7 Å². The van der Waals surface area contributed by atoms with Gasteiger partial charge in [0.15, 0.2) is 0 Å². The number of nitrogens with two attached hydrogens (primary N) is 1. The number of Topliss-reactive ketones (excluding diaryl/α,β-unsaturated/α-hetero) is 1. The zero-order chi connectivity index (χ0) is 13.6. The summed E-state index contributed by atoms with van der Waals surface area (Å²) in [4.78, 5) is 25.5. The summed E-state index contributed by atoms with van der Waals surface area (Å²) in [6, 6.07) is 7.88. The summed E-state index contributed by atoms with van der Waals surface area (Å²) < 4.78 is 0. The number of rotatable bonds is 2. The van der Waals surface area contributed by atoms with E-state index in [2.05, 4.69) is 11.9 Å². The van der Waals surface area contributed by atoms with E-state index in [4.69, 9.17) is 5.73 Å². The molecule has 2 bridgehead atoms. The predicted molar refractivity (Wildman–Crippen MR) is 71.6 cm³/mol. The van der Waals surface area contributed by atoms with E-state index in [1.807, 2.05) is 12.1 Å². The van der Waals surface area contributed by atoms with Crippen LogP contribution < -0.4 is 5.73 Å². The normalized spacial score (nSPS) is 30.6. The molecule has 0 radical (unpaired) electrons. The van der Waals surface area contributed by atoms with E-state index in [0.717, 1.165) is 18.4 Å². The molecule has 3 atom stereocenters. The summed E-state index contributed by atoms with van der Waals surface area (Å²) in [5, 5.41) is 0. The van der Waals surface area contributed by atoms with Crippen molar-refractivity contribution in [3.63, 3.8) is 0 Å². The number of hydrogen-bond donors (Lipinski definition) is 1. The Kier molecular flexibility index (Phi) is 2.90. The summed E-state index contributed by atoms with van der Waals surface area (Å²) in [5.41, 5.74) is 6.87. The number of carbonyl (C=O) groups is 2. The molecule has 2 aliphatic heterocycles. The van der Waals surface area contributed by atoms with Crippen molar-refractivity contribution in [1.82, 2.24) is 4.90 Å². The van der Waals surface area contributed by atoms with Crippen LogP contribution in [0.3, 0.4) is 0 Å². The third-order valence-corrected chi connectivity index (χ3v) is 4.59. The molecule has 0 spiro atoms. The quantitative estimate of drug-likeness (QED) is 0.874. The maximum atomic E-state index is 12.1. The third kappa shape index (κ3) is 1.96. The first-order valence-electron chi connectivity index (χ1n) is 6.72. The zero-order valence-electron chi connectivity index (χ0n) is 11.0. The molecule has 2 saturated heterocycles. The van der Waals surface area contributed by atoms with Gasteiger partial charge >= 0.3 is 0 Å². The lowest BCUT2D eigenvalue weighted by Gasteiger charge is -2.49. The van der Waals surface area contributed by atoms with Crippen LogP contribution >= 0.6 is 0 Å². The first kappa shape index (κ1) is 12.4. The molecule has 1 aromatic carbocycles. The number of carbonyl (C=O) groups excluding carboxylic acids is 2. The fourth-order valence-electron chi connectivity index (χ4n) is 3.52. The molecule has 4 heteroatoms. The van der Waals surface area contributed by atoms with Crippen molar-refractivity contribution in [1.29, 1.82) is 0 Å². The molecule has 1 aliphatic carbocycles. The first-order chi connectivity index (χ1) is 9.08. The van der Waals surface area contributed by atoms with Crippen LogP contribution in [0.5, 0.6) is 0 Å². The van der Waals surface area contributed by atoms with Gasteiger partial charge in [0, 0.05) is 30.0 Å². The third-order valence-electron chi connectivity index (χ3n) is 4.59. The van der Waals surface area contributed by atoms with Crippen molar-refractivity contribution >= 4 is 11.7 Å². The van der Waals surface area contributed by atoms with Crippen molar-refractivity contribution in [3.8, 4) is 0 Å². The Balaban J connectivity index is 1.92. The van der Waals surface area contributed by atoms with Crippen LogP contribution in [0.25, 0.3) is 0 Å². The maximum Gasteiger partial charge on any atom is 0.248 e. The summed E-state index contributed by atoms with van der Waals surface area (Å²) in [7, 11) is 2.09. The van der Waals surface area contributed by atoms with Gasteiger partial charge in [-0.15, -0.1) is 0 Å². The highest BCUT2D eigenvalue weighted by Crippen LogP contribution is 2.44. The first-order valence-corrected chi connectivity index (χ1v) is 6.72. The van der Waals surface area contributed by atoms with Gasteiger partial charge in [0.05, 0.1) is 0 Å². The zero-order valence-corrected chi connectivity index (χ0v) is 11.0. The van der Waals surface area contributed by atoms with Gasteiger partial charge in [0.1, 0.15) is 5.78 Å². The average molecular weight is 258 g/mol. The Bertz CT molecular complexity index is 523. The Hall–Kier alpha value is -1.68. The van der Waals surface area contributed by atoms with Crippen LogP contribution in [0.1, 0.15) is 41.2 Å². The standard InChI is InChI=1S/C15H18N2O2/c1-17-11-6-7-12(13(18)8-11)14(17)9-2-4-10(5-3-9)15(16)19/h2-5,11-12,14H,6-8H2,1H3,(H2,16,19). The van der Waals surface area contributed by atoms with Gasteiger partial charge in [-0.3, -0.25) is 14.5 Å². The highest BCUT2D eigenvalue weighted by Gasteiger charge is 2.45. The van der Waals surface area contributed by atoms with Crippen molar-refractivity contribution in [3.05, 3.63) is 35.4 Å². The van der Waals surface area contributed by atoms with E-state index in [1.165, 1.54) is 0 Å². The molecule has 19 heavy (non-hydrogen) atoms. The van der Waals surface area contributed by atoms with Crippen LogP contribution in [-0.2, 0) is 4.79 Å². The van der Waals surface area contributed by atoms with Gasteiger partial charge in [0.2, 0.25) is 5.91 Å². The van der Waals surface area contributed by atoms with E-state index in [9.17, 15) is 9.59 Å². The lowest BCUT2D eigenvalue weighted by Crippen LogP contribution is -2.52. The van der Waals surface area contributed by atoms with Crippen LogP contribution in [0.15, 0.2) is 24.3 Å². The number of amides is 1. The number of hydrogen-bond acceptors (Lipinski definition) is 3. The molecule has 1 aromatic rings. The largest absolute Gasteiger partial charge is 0.366 e. The number of primary amides is 1. The Morgan fingerprint density at radius 3 is 2.53 bits per heavy atom. The Morgan fingerprint density at radius 1 is 1.26 bits per heavy atom. The summed E-state index contributed by atoms with van der Waals surface area (Å²) in [6.45, 7) is 0. The fourth-order valence-corrected chi connectivity index (χ4v) is 3.52. The second-order valence-electron chi connectivity index (χ2n) is 5.60. The van der Waals surface area contributed by atoms with Gasteiger partial charge in [-0.05, 0) is 37.6 Å². The predicted octanol–water partition coefficient (Wildman–Crippen LogP) is 1.51. The number of benzene rings is 1. The molecule has 3 aliphatic rings. The van der Waals surface area contributed by atoms with Gasteiger partial charge in [0.25, 0.3) is 0 Å². The maximum absolute atomic E-state index is 12.1. The Labute approximate surface area is 112 Å². The molecule has 3 fully saturated rings. The molecule has 3 unspecified atom stereocenters. The molecular weight excluding hydrogens is 240 g/mol. The Morgan fingerprint density at radius 2 is 1.95 bits per heavy atom. The van der Waals surface area contributed by atoms with Crippen LogP contribution in [0.4, 0.5) is 0 Å². The second kappa shape index (κ2) is 4.46. The minimum atomic E-state index is -0.416.